The summed E-state index contributed by atoms with van der Waals surface area (Å²) in [6.45, 7) is 3.24. The highest BCUT2D eigenvalue weighted by Gasteiger charge is 2.16. The van der Waals surface area contributed by atoms with E-state index in [1.165, 1.54) is 36.0 Å². The number of fused-ring (bicyclic) bond motifs is 3. The predicted octanol–water partition coefficient (Wildman–Crippen LogP) is 5.09. The number of carbonyl (C=O) groups excluding carboxylic acids is 1. The summed E-state index contributed by atoms with van der Waals surface area (Å²) in [5.41, 5.74) is 2.78. The lowest BCUT2D eigenvalue weighted by Crippen LogP contribution is -2.24. The zero-order valence-electron chi connectivity index (χ0n) is 18.4. The number of rotatable bonds is 10. The third kappa shape index (κ3) is 5.65. The van der Waals surface area contributed by atoms with Gasteiger partial charge in [-0.2, -0.15) is 0 Å². The fourth-order valence-corrected chi connectivity index (χ4v) is 4.32. The van der Waals surface area contributed by atoms with E-state index < -0.39 is 0 Å². The molecule has 0 aliphatic rings. The van der Waals surface area contributed by atoms with Crippen molar-refractivity contribution in [2.45, 2.75) is 44.3 Å². The molecule has 9 heteroatoms. The first kappa shape index (κ1) is 23.1. The molecule has 1 amide bonds. The summed E-state index contributed by atoms with van der Waals surface area (Å²) in [5, 5.41) is 12.6. The third-order valence-electron chi connectivity index (χ3n) is 5.29. The number of nitrogens with zero attached hydrogens (tertiary/aromatic N) is 4. The molecule has 2 aromatic heterocycles. The maximum Gasteiger partial charge on any atom is 0.220 e. The average molecular weight is 470 g/mol. The van der Waals surface area contributed by atoms with Gasteiger partial charge in [-0.25, -0.2) is 13.8 Å². The van der Waals surface area contributed by atoms with Crippen LogP contribution in [0.15, 0.2) is 47.6 Å². The standard InChI is InChI=1S/C24H25F2N5OS/c1-2-3-12-27-21(32)5-4-13-33-24-28-23-22(29-30-24)19-14-18(26)10-11-20(19)31(23)15-16-6-8-17(25)9-7-16/h6-11,14H,2-5,12-13,15H2,1H3,(H,27,32). The predicted molar refractivity (Wildman–Crippen MR) is 126 cm³/mol. The monoisotopic (exact) mass is 469 g/mol. The van der Waals surface area contributed by atoms with Crippen LogP contribution in [-0.4, -0.2) is 38.0 Å². The Bertz CT molecular complexity index is 1260. The highest BCUT2D eigenvalue weighted by Crippen LogP contribution is 2.29. The maximum atomic E-state index is 13.9. The largest absolute Gasteiger partial charge is 0.356 e. The molecular weight excluding hydrogens is 444 g/mol. The Morgan fingerprint density at radius 3 is 2.64 bits per heavy atom. The number of amides is 1. The van der Waals surface area contributed by atoms with Crippen molar-refractivity contribution in [1.82, 2.24) is 25.1 Å². The second-order valence-corrected chi connectivity index (χ2v) is 8.86. The van der Waals surface area contributed by atoms with Crippen molar-refractivity contribution < 1.29 is 13.6 Å². The maximum absolute atomic E-state index is 13.9. The van der Waals surface area contributed by atoms with Crippen molar-refractivity contribution in [2.75, 3.05) is 12.3 Å². The normalized spacial score (nSPS) is 11.4. The summed E-state index contributed by atoms with van der Waals surface area (Å²) in [6, 6.07) is 10.8. The molecule has 0 saturated carbocycles. The minimum atomic E-state index is -0.360. The zero-order chi connectivity index (χ0) is 23.2. The fourth-order valence-electron chi connectivity index (χ4n) is 3.60. The van der Waals surface area contributed by atoms with Crippen molar-refractivity contribution >= 4 is 39.7 Å². The topological polar surface area (TPSA) is 72.7 Å². The van der Waals surface area contributed by atoms with Gasteiger partial charge in [0.1, 0.15) is 17.2 Å². The minimum Gasteiger partial charge on any atom is -0.356 e. The molecule has 0 saturated heterocycles. The van der Waals surface area contributed by atoms with E-state index in [0.717, 1.165) is 23.9 Å². The smallest absolute Gasteiger partial charge is 0.220 e. The van der Waals surface area contributed by atoms with Crippen LogP contribution in [0.2, 0.25) is 0 Å². The zero-order valence-corrected chi connectivity index (χ0v) is 19.2. The number of carbonyl (C=O) groups is 1. The van der Waals surface area contributed by atoms with Gasteiger partial charge in [-0.15, -0.1) is 10.2 Å². The molecule has 4 aromatic rings. The number of hydrogen-bond acceptors (Lipinski definition) is 5. The molecule has 2 aromatic carbocycles. The second kappa shape index (κ2) is 10.7. The molecule has 2 heterocycles. The number of unbranched alkanes of at least 4 members (excludes halogenated alkanes) is 1. The molecule has 0 aliphatic heterocycles. The molecule has 0 aliphatic carbocycles. The van der Waals surface area contributed by atoms with Gasteiger partial charge in [-0.1, -0.05) is 37.2 Å². The van der Waals surface area contributed by atoms with Crippen LogP contribution in [-0.2, 0) is 11.3 Å². The molecule has 6 nitrogen and oxygen atoms in total. The van der Waals surface area contributed by atoms with Crippen molar-refractivity contribution in [3.63, 3.8) is 0 Å². The van der Waals surface area contributed by atoms with E-state index in [9.17, 15) is 13.6 Å². The van der Waals surface area contributed by atoms with Crippen LogP contribution in [0.4, 0.5) is 8.78 Å². The van der Waals surface area contributed by atoms with Crippen molar-refractivity contribution in [3.05, 3.63) is 59.7 Å². The summed E-state index contributed by atoms with van der Waals surface area (Å²) < 4.78 is 29.2. The van der Waals surface area contributed by atoms with Crippen LogP contribution in [0, 0.1) is 11.6 Å². The Morgan fingerprint density at radius 2 is 1.85 bits per heavy atom. The van der Waals surface area contributed by atoms with Gasteiger partial charge < -0.3 is 9.88 Å². The number of halogens is 2. The van der Waals surface area contributed by atoms with E-state index in [-0.39, 0.29) is 17.5 Å². The van der Waals surface area contributed by atoms with Gasteiger partial charge in [0, 0.05) is 30.6 Å². The van der Waals surface area contributed by atoms with E-state index in [4.69, 9.17) is 0 Å². The summed E-state index contributed by atoms with van der Waals surface area (Å²) in [4.78, 5) is 16.5. The first-order valence-electron chi connectivity index (χ1n) is 11.0. The molecule has 0 unspecified atom stereocenters. The van der Waals surface area contributed by atoms with Crippen LogP contribution in [0.1, 0.15) is 38.2 Å². The van der Waals surface area contributed by atoms with Gasteiger partial charge in [0.05, 0.1) is 5.52 Å². The molecule has 0 bridgehead atoms. The van der Waals surface area contributed by atoms with Crippen molar-refractivity contribution in [3.8, 4) is 0 Å². The quantitative estimate of drug-likeness (QED) is 0.259. The van der Waals surface area contributed by atoms with Gasteiger partial charge in [0.2, 0.25) is 11.1 Å². The molecule has 0 spiro atoms. The molecule has 0 radical (unpaired) electrons. The molecule has 172 valence electrons. The number of benzene rings is 2. The lowest BCUT2D eigenvalue weighted by atomic mass is 10.2. The Morgan fingerprint density at radius 1 is 1.06 bits per heavy atom. The van der Waals surface area contributed by atoms with E-state index in [1.807, 2.05) is 4.57 Å². The highest BCUT2D eigenvalue weighted by atomic mass is 32.2. The molecule has 0 atom stereocenters. The molecular formula is C24H25F2N5OS. The van der Waals surface area contributed by atoms with Gasteiger partial charge in [-0.3, -0.25) is 4.79 Å². The minimum absolute atomic E-state index is 0.0556. The summed E-state index contributed by atoms with van der Waals surface area (Å²) in [5.74, 6) is 0.0758. The summed E-state index contributed by atoms with van der Waals surface area (Å²) >= 11 is 1.43. The van der Waals surface area contributed by atoms with Crippen molar-refractivity contribution in [2.24, 2.45) is 0 Å². The van der Waals surface area contributed by atoms with Crippen LogP contribution in [0.25, 0.3) is 22.1 Å². The Balaban J connectivity index is 1.53. The number of aromatic nitrogens is 4. The third-order valence-corrected chi connectivity index (χ3v) is 6.22. The first-order valence-corrected chi connectivity index (χ1v) is 12.0. The number of hydrogen-bond donors (Lipinski definition) is 1. The lowest BCUT2D eigenvalue weighted by molar-refractivity contribution is -0.121. The Labute approximate surface area is 194 Å². The Kier molecular flexibility index (Phi) is 7.49. The average Bonchev–Trinajstić information content (AvgIpc) is 3.10. The van der Waals surface area contributed by atoms with Gasteiger partial charge >= 0.3 is 0 Å². The summed E-state index contributed by atoms with van der Waals surface area (Å²) in [7, 11) is 0. The highest BCUT2D eigenvalue weighted by molar-refractivity contribution is 7.99. The van der Waals surface area contributed by atoms with E-state index in [1.54, 1.807) is 18.2 Å². The van der Waals surface area contributed by atoms with Crippen LogP contribution >= 0.6 is 11.8 Å². The Hall–Kier alpha value is -3.07. The van der Waals surface area contributed by atoms with Gasteiger partial charge in [-0.05, 0) is 48.7 Å². The number of thioether (sulfide) groups is 1. The van der Waals surface area contributed by atoms with E-state index >= 15 is 0 Å². The SMILES string of the molecule is CCCCNC(=O)CCCSc1nnc2c3cc(F)ccc3n(Cc3ccc(F)cc3)c2n1. The summed E-state index contributed by atoms with van der Waals surface area (Å²) in [6.07, 6.45) is 3.19. The molecule has 1 N–H and O–H groups in total. The molecule has 0 fully saturated rings. The van der Waals surface area contributed by atoms with Crippen LogP contribution < -0.4 is 5.32 Å². The van der Waals surface area contributed by atoms with Crippen LogP contribution in [0.3, 0.4) is 0 Å². The van der Waals surface area contributed by atoms with E-state index in [2.05, 4.69) is 27.4 Å². The second-order valence-electron chi connectivity index (χ2n) is 7.80. The fraction of sp³-hybridized carbons (Fsp3) is 0.333. The number of nitrogens with one attached hydrogen (secondary N) is 1. The van der Waals surface area contributed by atoms with Crippen LogP contribution in [0.5, 0.6) is 0 Å². The van der Waals surface area contributed by atoms with Gasteiger partial charge in [0.25, 0.3) is 0 Å². The van der Waals surface area contributed by atoms with Gasteiger partial charge in [0.15, 0.2) is 5.65 Å². The lowest BCUT2D eigenvalue weighted by Gasteiger charge is -2.07. The first-order chi connectivity index (χ1) is 16.0. The van der Waals surface area contributed by atoms with Crippen molar-refractivity contribution in [1.29, 1.82) is 0 Å². The molecule has 33 heavy (non-hydrogen) atoms. The van der Waals surface area contributed by atoms with E-state index in [0.29, 0.717) is 53.4 Å². The molecule has 4 rings (SSSR count).